The van der Waals surface area contributed by atoms with Crippen LogP contribution in [0.5, 0.6) is 0 Å². The summed E-state index contributed by atoms with van der Waals surface area (Å²) < 4.78 is 5.01. The standard InChI is InChI=1S/C15H19NO3S/c1-10(2)19-14(17)7-8-16-15(18)13-9-11-5-3-4-6-12(11)20-13/h3-6,10,13H,7-9H2,1-2H3,(H,16,18). The highest BCUT2D eigenvalue weighted by Crippen LogP contribution is 2.36. The van der Waals surface area contributed by atoms with Crippen molar-refractivity contribution in [3.63, 3.8) is 0 Å². The lowest BCUT2D eigenvalue weighted by molar-refractivity contribution is -0.147. The van der Waals surface area contributed by atoms with E-state index in [0.29, 0.717) is 6.54 Å². The molecular weight excluding hydrogens is 274 g/mol. The van der Waals surface area contributed by atoms with Crippen molar-refractivity contribution in [1.29, 1.82) is 0 Å². The number of ether oxygens (including phenoxy) is 1. The van der Waals surface area contributed by atoms with Crippen LogP contribution in [0.4, 0.5) is 0 Å². The van der Waals surface area contributed by atoms with E-state index in [1.807, 2.05) is 32.0 Å². The number of rotatable bonds is 5. The van der Waals surface area contributed by atoms with E-state index in [-0.39, 0.29) is 29.7 Å². The van der Waals surface area contributed by atoms with E-state index < -0.39 is 0 Å². The molecular formula is C15H19NO3S. The van der Waals surface area contributed by atoms with Crippen molar-refractivity contribution in [3.05, 3.63) is 29.8 Å². The number of esters is 1. The molecule has 4 nitrogen and oxygen atoms in total. The van der Waals surface area contributed by atoms with Gasteiger partial charge in [0.25, 0.3) is 0 Å². The van der Waals surface area contributed by atoms with Gasteiger partial charge >= 0.3 is 5.97 Å². The Labute approximate surface area is 123 Å². The number of carbonyl (C=O) groups excluding carboxylic acids is 2. The van der Waals surface area contributed by atoms with Crippen LogP contribution in [-0.4, -0.2) is 29.8 Å². The summed E-state index contributed by atoms with van der Waals surface area (Å²) in [6.07, 6.45) is 0.857. The Kier molecular flexibility index (Phi) is 5.06. The first-order chi connectivity index (χ1) is 9.56. The molecule has 1 aliphatic rings. The summed E-state index contributed by atoms with van der Waals surface area (Å²) in [6.45, 7) is 3.95. The summed E-state index contributed by atoms with van der Waals surface area (Å²) in [7, 11) is 0. The smallest absolute Gasteiger partial charge is 0.307 e. The molecule has 2 rings (SSSR count). The van der Waals surface area contributed by atoms with Gasteiger partial charge in [-0.2, -0.15) is 0 Å². The second kappa shape index (κ2) is 6.79. The van der Waals surface area contributed by atoms with E-state index in [1.165, 1.54) is 10.5 Å². The highest BCUT2D eigenvalue weighted by atomic mass is 32.2. The van der Waals surface area contributed by atoms with Gasteiger partial charge in [0.15, 0.2) is 0 Å². The van der Waals surface area contributed by atoms with E-state index in [1.54, 1.807) is 11.8 Å². The molecule has 1 amide bonds. The maximum absolute atomic E-state index is 12.0. The zero-order valence-electron chi connectivity index (χ0n) is 11.7. The molecule has 1 atom stereocenters. The molecule has 0 saturated carbocycles. The van der Waals surface area contributed by atoms with Crippen molar-refractivity contribution in [3.8, 4) is 0 Å². The summed E-state index contributed by atoms with van der Waals surface area (Å²) >= 11 is 1.59. The molecule has 0 spiro atoms. The number of nitrogens with one attached hydrogen (secondary N) is 1. The van der Waals surface area contributed by atoms with Gasteiger partial charge in [-0.15, -0.1) is 11.8 Å². The van der Waals surface area contributed by atoms with E-state index in [0.717, 1.165) is 6.42 Å². The van der Waals surface area contributed by atoms with Crippen molar-refractivity contribution in [2.75, 3.05) is 6.54 Å². The zero-order valence-corrected chi connectivity index (χ0v) is 12.5. The maximum Gasteiger partial charge on any atom is 0.307 e. The predicted octanol–water partition coefficient (Wildman–Crippen LogP) is 2.16. The minimum absolute atomic E-state index is 0.0106. The number of hydrogen-bond donors (Lipinski definition) is 1. The summed E-state index contributed by atoms with van der Waals surface area (Å²) in [5.74, 6) is -0.286. The van der Waals surface area contributed by atoms with Gasteiger partial charge in [0.2, 0.25) is 5.91 Å². The maximum atomic E-state index is 12.0. The normalized spacial score (nSPS) is 16.9. The Morgan fingerprint density at radius 1 is 1.40 bits per heavy atom. The van der Waals surface area contributed by atoms with Crippen LogP contribution in [0.1, 0.15) is 25.8 Å². The fourth-order valence-electron chi connectivity index (χ4n) is 2.05. The first kappa shape index (κ1) is 14.9. The molecule has 1 aliphatic heterocycles. The molecule has 20 heavy (non-hydrogen) atoms. The lowest BCUT2D eigenvalue weighted by Crippen LogP contribution is -2.34. The zero-order chi connectivity index (χ0) is 14.5. The fourth-order valence-corrected chi connectivity index (χ4v) is 3.27. The van der Waals surface area contributed by atoms with Crippen LogP contribution < -0.4 is 5.32 Å². The molecule has 0 bridgehead atoms. The van der Waals surface area contributed by atoms with Crippen LogP contribution >= 0.6 is 11.8 Å². The van der Waals surface area contributed by atoms with Crippen molar-refractivity contribution in [2.45, 2.75) is 42.9 Å². The average molecular weight is 293 g/mol. The molecule has 1 N–H and O–H groups in total. The number of thioether (sulfide) groups is 1. The highest BCUT2D eigenvalue weighted by Gasteiger charge is 2.27. The SMILES string of the molecule is CC(C)OC(=O)CCNC(=O)C1Cc2ccccc2S1. The Morgan fingerprint density at radius 3 is 2.85 bits per heavy atom. The van der Waals surface area contributed by atoms with Crippen LogP contribution in [0.25, 0.3) is 0 Å². The Hall–Kier alpha value is -1.49. The first-order valence-corrected chi connectivity index (χ1v) is 7.66. The van der Waals surface area contributed by atoms with Crippen molar-refractivity contribution >= 4 is 23.6 Å². The molecule has 1 aromatic rings. The molecule has 0 aromatic heterocycles. The molecule has 1 unspecified atom stereocenters. The van der Waals surface area contributed by atoms with Gasteiger partial charge < -0.3 is 10.1 Å². The van der Waals surface area contributed by atoms with Gasteiger partial charge in [0.05, 0.1) is 17.8 Å². The summed E-state index contributed by atoms with van der Waals surface area (Å²) in [4.78, 5) is 24.6. The van der Waals surface area contributed by atoms with E-state index in [9.17, 15) is 9.59 Å². The number of amides is 1. The average Bonchev–Trinajstić information content (AvgIpc) is 2.81. The summed E-state index contributed by atoms with van der Waals surface area (Å²) in [5.41, 5.74) is 1.22. The van der Waals surface area contributed by atoms with Crippen molar-refractivity contribution in [1.82, 2.24) is 5.32 Å². The number of benzene rings is 1. The van der Waals surface area contributed by atoms with E-state index in [2.05, 4.69) is 11.4 Å². The van der Waals surface area contributed by atoms with Gasteiger partial charge in [-0.3, -0.25) is 9.59 Å². The molecule has 0 radical (unpaired) electrons. The lowest BCUT2D eigenvalue weighted by Gasteiger charge is -2.11. The minimum atomic E-state index is -0.275. The van der Waals surface area contributed by atoms with Crippen molar-refractivity contribution < 1.29 is 14.3 Å². The molecule has 5 heteroatoms. The fraction of sp³-hybridized carbons (Fsp3) is 0.467. The van der Waals surface area contributed by atoms with Crippen molar-refractivity contribution in [2.24, 2.45) is 0 Å². The second-order valence-electron chi connectivity index (χ2n) is 5.00. The quantitative estimate of drug-likeness (QED) is 0.845. The lowest BCUT2D eigenvalue weighted by atomic mass is 10.1. The van der Waals surface area contributed by atoms with Crippen LogP contribution in [0, 0.1) is 0 Å². The predicted molar refractivity (Wildman–Crippen MR) is 78.6 cm³/mol. The monoisotopic (exact) mass is 293 g/mol. The first-order valence-electron chi connectivity index (χ1n) is 6.78. The van der Waals surface area contributed by atoms with Gasteiger partial charge in [-0.25, -0.2) is 0 Å². The van der Waals surface area contributed by atoms with Crippen LogP contribution in [0.15, 0.2) is 29.2 Å². The highest BCUT2D eigenvalue weighted by molar-refractivity contribution is 8.01. The topological polar surface area (TPSA) is 55.4 Å². The third kappa shape index (κ3) is 4.00. The Morgan fingerprint density at radius 2 is 2.15 bits per heavy atom. The van der Waals surface area contributed by atoms with Gasteiger partial charge in [0, 0.05) is 11.4 Å². The third-order valence-electron chi connectivity index (χ3n) is 2.94. The molecule has 0 aliphatic carbocycles. The van der Waals surface area contributed by atoms with Crippen LogP contribution in [0.3, 0.4) is 0 Å². The largest absolute Gasteiger partial charge is 0.463 e. The number of fused-ring (bicyclic) bond motifs is 1. The molecule has 108 valence electrons. The minimum Gasteiger partial charge on any atom is -0.463 e. The summed E-state index contributed by atoms with van der Waals surface area (Å²) in [6, 6.07) is 8.05. The summed E-state index contributed by atoms with van der Waals surface area (Å²) in [5, 5.41) is 2.71. The molecule has 1 heterocycles. The Balaban J connectivity index is 1.73. The van der Waals surface area contributed by atoms with E-state index in [4.69, 9.17) is 4.74 Å². The number of hydrogen-bond acceptors (Lipinski definition) is 4. The molecule has 0 fully saturated rings. The third-order valence-corrected chi connectivity index (χ3v) is 4.25. The van der Waals surface area contributed by atoms with Gasteiger partial charge in [-0.1, -0.05) is 18.2 Å². The van der Waals surface area contributed by atoms with Gasteiger partial charge in [-0.05, 0) is 31.9 Å². The van der Waals surface area contributed by atoms with Crippen LogP contribution in [-0.2, 0) is 20.7 Å². The second-order valence-corrected chi connectivity index (χ2v) is 6.24. The molecule has 1 aromatic carbocycles. The van der Waals surface area contributed by atoms with E-state index >= 15 is 0 Å². The molecule has 0 saturated heterocycles. The number of carbonyl (C=O) groups is 2. The van der Waals surface area contributed by atoms with Gasteiger partial charge in [0.1, 0.15) is 0 Å². The van der Waals surface area contributed by atoms with Crippen LogP contribution in [0.2, 0.25) is 0 Å². The Bertz CT molecular complexity index is 477.